The summed E-state index contributed by atoms with van der Waals surface area (Å²) in [6.45, 7) is 4.26. The van der Waals surface area contributed by atoms with Crippen LogP contribution in [0.15, 0.2) is 24.3 Å². The minimum Gasteiger partial charge on any atom is -0.394 e. The molecule has 0 fully saturated rings. The van der Waals surface area contributed by atoms with Crippen molar-refractivity contribution < 1.29 is 20.1 Å². The summed E-state index contributed by atoms with van der Waals surface area (Å²) in [5.41, 5.74) is 0. The lowest BCUT2D eigenvalue weighted by atomic mass is 10.0. The topological polar surface area (TPSA) is 89.8 Å². The monoisotopic (exact) mass is 706 g/mol. The third kappa shape index (κ3) is 36.6. The molecule has 0 spiro atoms. The van der Waals surface area contributed by atoms with E-state index in [0.29, 0.717) is 12.8 Å². The predicted molar refractivity (Wildman–Crippen MR) is 218 cm³/mol. The number of hydrogen-bond donors (Lipinski definition) is 4. The van der Waals surface area contributed by atoms with Crippen LogP contribution in [0.5, 0.6) is 0 Å². The Morgan fingerprint density at radius 2 is 0.860 bits per heavy atom. The van der Waals surface area contributed by atoms with Gasteiger partial charge in [-0.2, -0.15) is 0 Å². The van der Waals surface area contributed by atoms with Crippen molar-refractivity contribution in [2.24, 2.45) is 0 Å². The Balaban J connectivity index is 3.64. The fraction of sp³-hybridized carbons (Fsp3) is 0.889. The van der Waals surface area contributed by atoms with E-state index >= 15 is 0 Å². The molecule has 0 aromatic heterocycles. The van der Waals surface area contributed by atoms with Gasteiger partial charge in [0.15, 0.2) is 0 Å². The van der Waals surface area contributed by atoms with Gasteiger partial charge in [0.05, 0.1) is 31.3 Å². The van der Waals surface area contributed by atoms with Crippen LogP contribution in [0.25, 0.3) is 0 Å². The van der Waals surface area contributed by atoms with Crippen LogP contribution in [-0.4, -0.2) is 46.1 Å². The Bertz CT molecular complexity index is 739. The Morgan fingerprint density at radius 1 is 0.500 bits per heavy atom. The number of amides is 1. The minimum absolute atomic E-state index is 0.0283. The lowest BCUT2D eigenvalue weighted by molar-refractivity contribution is -0.125. The van der Waals surface area contributed by atoms with E-state index in [2.05, 4.69) is 43.5 Å². The molecule has 5 heteroatoms. The van der Waals surface area contributed by atoms with Gasteiger partial charge in [-0.1, -0.05) is 205 Å². The van der Waals surface area contributed by atoms with E-state index in [4.69, 9.17) is 0 Å². The second kappa shape index (κ2) is 40.6. The molecule has 296 valence electrons. The average Bonchev–Trinajstić information content (AvgIpc) is 3.11. The van der Waals surface area contributed by atoms with E-state index in [-0.39, 0.29) is 18.9 Å². The molecule has 0 aliphatic rings. The summed E-state index contributed by atoms with van der Waals surface area (Å²) >= 11 is 0. The van der Waals surface area contributed by atoms with Gasteiger partial charge in [-0.3, -0.25) is 4.79 Å². The largest absolute Gasteiger partial charge is 0.394 e. The number of carbonyl (C=O) groups excluding carboxylic acids is 1. The first-order chi connectivity index (χ1) is 24.5. The van der Waals surface area contributed by atoms with Crippen molar-refractivity contribution in [3.63, 3.8) is 0 Å². The number of unbranched alkanes of at least 4 members (excludes halogenated alkanes) is 27. The molecule has 3 atom stereocenters. The van der Waals surface area contributed by atoms with E-state index < -0.39 is 18.2 Å². The zero-order valence-electron chi connectivity index (χ0n) is 33.5. The molecule has 0 bridgehead atoms. The highest BCUT2D eigenvalue weighted by atomic mass is 16.3. The van der Waals surface area contributed by atoms with Crippen molar-refractivity contribution in [3.8, 4) is 0 Å². The fourth-order valence-corrected chi connectivity index (χ4v) is 6.85. The number of rotatable bonds is 40. The van der Waals surface area contributed by atoms with Crippen molar-refractivity contribution in [3.05, 3.63) is 24.3 Å². The van der Waals surface area contributed by atoms with Crippen molar-refractivity contribution in [2.45, 2.75) is 250 Å². The number of nitrogens with one attached hydrogen (secondary N) is 1. The van der Waals surface area contributed by atoms with Crippen molar-refractivity contribution in [1.29, 1.82) is 0 Å². The molecule has 4 N–H and O–H groups in total. The van der Waals surface area contributed by atoms with Crippen LogP contribution in [0, 0.1) is 0 Å². The molecule has 50 heavy (non-hydrogen) atoms. The first kappa shape index (κ1) is 48.8. The number of aliphatic hydroxyl groups excluding tert-OH is 3. The molecule has 0 aliphatic heterocycles. The smallest absolute Gasteiger partial charge is 0.222 e. The number of hydrogen-bond acceptors (Lipinski definition) is 4. The van der Waals surface area contributed by atoms with Crippen LogP contribution in [0.1, 0.15) is 232 Å². The molecule has 5 nitrogen and oxygen atoms in total. The summed E-state index contributed by atoms with van der Waals surface area (Å²) in [4.78, 5) is 12.4. The first-order valence-corrected chi connectivity index (χ1v) is 22.1. The minimum atomic E-state index is -0.751. The third-order valence-electron chi connectivity index (χ3n) is 10.3. The molecule has 0 rings (SSSR count). The van der Waals surface area contributed by atoms with Gasteiger partial charge < -0.3 is 20.6 Å². The molecule has 0 aromatic rings. The van der Waals surface area contributed by atoms with E-state index in [1.807, 2.05) is 0 Å². The highest BCUT2D eigenvalue weighted by molar-refractivity contribution is 5.76. The summed E-state index contributed by atoms with van der Waals surface area (Å²) < 4.78 is 0. The normalized spacial score (nSPS) is 13.8. The molecule has 0 heterocycles. The number of aliphatic hydroxyl groups is 3. The summed E-state index contributed by atoms with van der Waals surface area (Å²) in [6, 6.07) is -0.661. The number of carbonyl (C=O) groups is 1. The molecule has 3 unspecified atom stereocenters. The number of allylic oxidation sites excluding steroid dienone is 4. The van der Waals surface area contributed by atoms with Crippen LogP contribution < -0.4 is 5.32 Å². The van der Waals surface area contributed by atoms with Crippen LogP contribution in [-0.2, 0) is 4.79 Å². The van der Waals surface area contributed by atoms with Crippen molar-refractivity contribution >= 4 is 5.91 Å². The summed E-state index contributed by atoms with van der Waals surface area (Å²) in [6.07, 6.45) is 48.6. The molecular formula is C45H87NO4. The van der Waals surface area contributed by atoms with Crippen molar-refractivity contribution in [1.82, 2.24) is 5.32 Å². The lowest BCUT2D eigenvalue weighted by Crippen LogP contribution is -2.46. The van der Waals surface area contributed by atoms with E-state index in [1.165, 1.54) is 154 Å². The molecule has 0 aromatic carbocycles. The second-order valence-electron chi connectivity index (χ2n) is 15.3. The Labute approximate surface area is 312 Å². The van der Waals surface area contributed by atoms with Crippen molar-refractivity contribution in [2.75, 3.05) is 6.61 Å². The first-order valence-electron chi connectivity index (χ1n) is 22.1. The maximum absolute atomic E-state index is 12.4. The Hall–Kier alpha value is -1.17. The lowest BCUT2D eigenvalue weighted by Gasteiger charge is -2.23. The maximum Gasteiger partial charge on any atom is 0.222 e. The van der Waals surface area contributed by atoms with Crippen LogP contribution in [0.2, 0.25) is 0 Å². The van der Waals surface area contributed by atoms with Gasteiger partial charge >= 0.3 is 0 Å². The van der Waals surface area contributed by atoms with Gasteiger partial charge in [0.2, 0.25) is 5.91 Å². The average molecular weight is 706 g/mol. The van der Waals surface area contributed by atoms with Gasteiger partial charge in [-0.05, 0) is 44.9 Å². The maximum atomic E-state index is 12.4. The summed E-state index contributed by atoms with van der Waals surface area (Å²) in [5.74, 6) is -0.290. The zero-order chi connectivity index (χ0) is 36.6. The van der Waals surface area contributed by atoms with Gasteiger partial charge in [-0.25, -0.2) is 0 Å². The van der Waals surface area contributed by atoms with Gasteiger partial charge in [-0.15, -0.1) is 0 Å². The molecule has 0 saturated carbocycles. The summed E-state index contributed by atoms with van der Waals surface area (Å²) in [5, 5.41) is 33.4. The van der Waals surface area contributed by atoms with Gasteiger partial charge in [0.1, 0.15) is 0 Å². The fourth-order valence-electron chi connectivity index (χ4n) is 6.85. The molecular weight excluding hydrogens is 618 g/mol. The highest BCUT2D eigenvalue weighted by Gasteiger charge is 2.21. The quantitative estimate of drug-likeness (QED) is 0.0377. The van der Waals surface area contributed by atoms with Crippen LogP contribution in [0.3, 0.4) is 0 Å². The molecule has 0 aliphatic carbocycles. The van der Waals surface area contributed by atoms with E-state index in [0.717, 1.165) is 44.9 Å². The van der Waals surface area contributed by atoms with E-state index in [9.17, 15) is 20.1 Å². The SMILES string of the molecule is CCCCCCCCCCC/C=C\C/C=C\CCCCCCCC(O)CC(=O)NC(CO)C(O)CCCCCCCCCCCCCCCC. The van der Waals surface area contributed by atoms with Gasteiger partial charge in [0, 0.05) is 0 Å². The zero-order valence-corrected chi connectivity index (χ0v) is 33.5. The van der Waals surface area contributed by atoms with Gasteiger partial charge in [0.25, 0.3) is 0 Å². The Kier molecular flexibility index (Phi) is 39.6. The second-order valence-corrected chi connectivity index (χ2v) is 15.3. The van der Waals surface area contributed by atoms with Crippen LogP contribution >= 0.6 is 0 Å². The standard InChI is InChI=1S/C45H87NO4/c1-3-5-7-9-11-13-15-17-19-20-21-22-23-24-25-26-28-30-32-34-36-38-42(48)40-45(50)46-43(41-47)44(49)39-37-35-33-31-29-27-18-16-14-12-10-8-6-4-2/h21-22,24-25,42-44,47-49H,3-20,23,26-41H2,1-2H3,(H,46,50)/b22-21-,25-24-. The predicted octanol–water partition coefficient (Wildman–Crippen LogP) is 12.6. The third-order valence-corrected chi connectivity index (χ3v) is 10.3. The molecule has 0 saturated heterocycles. The highest BCUT2D eigenvalue weighted by Crippen LogP contribution is 2.16. The van der Waals surface area contributed by atoms with Crippen LogP contribution in [0.4, 0.5) is 0 Å². The molecule has 0 radical (unpaired) electrons. The van der Waals surface area contributed by atoms with E-state index in [1.54, 1.807) is 0 Å². The Morgan fingerprint density at radius 3 is 1.26 bits per heavy atom. The summed E-state index contributed by atoms with van der Waals surface area (Å²) in [7, 11) is 0. The molecule has 1 amide bonds.